The zero-order chi connectivity index (χ0) is 21.5. The van der Waals surface area contributed by atoms with E-state index in [2.05, 4.69) is 72.0 Å². The summed E-state index contributed by atoms with van der Waals surface area (Å²) < 4.78 is 0. The van der Waals surface area contributed by atoms with Crippen LogP contribution in [0.3, 0.4) is 0 Å². The molecular formula is C25H30N4O. The van der Waals surface area contributed by atoms with E-state index in [9.17, 15) is 4.79 Å². The van der Waals surface area contributed by atoms with Crippen molar-refractivity contribution in [2.75, 3.05) is 36.0 Å². The normalized spacial score (nSPS) is 13.5. The van der Waals surface area contributed by atoms with Crippen LogP contribution in [-0.4, -0.2) is 43.4 Å². The van der Waals surface area contributed by atoms with Crippen LogP contribution in [0.5, 0.6) is 0 Å². The minimum Gasteiger partial charge on any atom is -0.372 e. The number of hydrogen-bond acceptors (Lipinski definition) is 5. The number of nitrogens with zero attached hydrogens (tertiary/aromatic N) is 4. The molecule has 0 aromatic heterocycles. The van der Waals surface area contributed by atoms with Crippen LogP contribution < -0.4 is 9.80 Å². The zero-order valence-electron chi connectivity index (χ0n) is 18.3. The lowest BCUT2D eigenvalue weighted by Crippen LogP contribution is -2.22. The number of allylic oxidation sites excluding steroid dienone is 1. The highest BCUT2D eigenvalue weighted by Crippen LogP contribution is 2.19. The van der Waals surface area contributed by atoms with Crippen LogP contribution in [0, 0.1) is 0 Å². The monoisotopic (exact) mass is 402 g/mol. The first-order chi connectivity index (χ1) is 14.6. The summed E-state index contributed by atoms with van der Waals surface area (Å²) in [5.41, 5.74) is 4.93. The Kier molecular flexibility index (Phi) is 7.17. The molecule has 156 valence electrons. The van der Waals surface area contributed by atoms with E-state index in [0.717, 1.165) is 43.0 Å². The van der Waals surface area contributed by atoms with Crippen molar-refractivity contribution < 1.29 is 4.79 Å². The van der Waals surface area contributed by atoms with Gasteiger partial charge in [0, 0.05) is 43.1 Å². The first-order valence-electron chi connectivity index (χ1n) is 10.7. The van der Waals surface area contributed by atoms with Gasteiger partial charge in [0.1, 0.15) is 11.4 Å². The van der Waals surface area contributed by atoms with E-state index < -0.39 is 0 Å². The second kappa shape index (κ2) is 10.0. The molecule has 0 spiro atoms. The summed E-state index contributed by atoms with van der Waals surface area (Å²) in [6, 6.07) is 16.3. The summed E-state index contributed by atoms with van der Waals surface area (Å²) in [6.45, 7) is 12.4. The number of carbonyl (C=O) groups excluding carboxylic acids is 1. The number of anilines is 2. The van der Waals surface area contributed by atoms with Gasteiger partial charge in [-0.3, -0.25) is 4.79 Å². The summed E-state index contributed by atoms with van der Waals surface area (Å²) in [5, 5.41) is 8.24. The lowest BCUT2D eigenvalue weighted by molar-refractivity contribution is -0.107. The first-order valence-corrected chi connectivity index (χ1v) is 10.7. The molecule has 5 nitrogen and oxygen atoms in total. The van der Waals surface area contributed by atoms with Crippen molar-refractivity contribution in [3.8, 4) is 0 Å². The molecule has 1 aliphatic heterocycles. The maximum absolute atomic E-state index is 12.7. The number of benzene rings is 2. The Hall–Kier alpha value is -3.21. The maximum atomic E-state index is 12.7. The molecule has 0 aliphatic carbocycles. The average molecular weight is 403 g/mol. The molecule has 0 unspecified atom stereocenters. The van der Waals surface area contributed by atoms with Gasteiger partial charge in [0.15, 0.2) is 0 Å². The topological polar surface area (TPSA) is 48.3 Å². The van der Waals surface area contributed by atoms with E-state index >= 15 is 0 Å². The van der Waals surface area contributed by atoms with Crippen molar-refractivity contribution in [3.63, 3.8) is 0 Å². The molecule has 0 bridgehead atoms. The van der Waals surface area contributed by atoms with Crippen molar-refractivity contribution in [2.24, 2.45) is 10.2 Å². The molecule has 0 saturated carbocycles. The minimum absolute atomic E-state index is 0.137. The van der Waals surface area contributed by atoms with Gasteiger partial charge in [-0.15, -0.1) is 10.2 Å². The lowest BCUT2D eigenvalue weighted by atomic mass is 10.0. The summed E-state index contributed by atoms with van der Waals surface area (Å²) in [4.78, 5) is 17.3. The van der Waals surface area contributed by atoms with E-state index in [1.54, 1.807) is 6.08 Å². The molecule has 30 heavy (non-hydrogen) atoms. The fourth-order valence-electron chi connectivity index (χ4n) is 3.59. The summed E-state index contributed by atoms with van der Waals surface area (Å²) in [5.74, 6) is -0.137. The van der Waals surface area contributed by atoms with Gasteiger partial charge in [-0.05, 0) is 63.6 Å². The molecule has 2 aromatic carbocycles. The molecule has 1 aliphatic rings. The predicted molar refractivity (Wildman–Crippen MR) is 128 cm³/mol. The molecule has 2 aromatic rings. The number of ketones is 1. The molecule has 0 N–H and O–H groups in total. The third kappa shape index (κ3) is 4.67. The smallest absolute Gasteiger partial charge is 0.234 e. The average Bonchev–Trinajstić information content (AvgIpc) is 3.15. The van der Waals surface area contributed by atoms with Crippen molar-refractivity contribution in [2.45, 2.75) is 27.7 Å². The SMILES string of the molecule is CCN(CC)c1ccc(C=CC2=NN=C(c3ccc(N(CC)CC)cc3)C2=O)cc1. The highest BCUT2D eigenvalue weighted by molar-refractivity contribution is 6.73. The third-order valence-corrected chi connectivity index (χ3v) is 5.43. The van der Waals surface area contributed by atoms with E-state index in [1.165, 1.54) is 5.69 Å². The molecule has 1 heterocycles. The van der Waals surface area contributed by atoms with Gasteiger partial charge in [-0.2, -0.15) is 0 Å². The minimum atomic E-state index is -0.137. The lowest BCUT2D eigenvalue weighted by Gasteiger charge is -2.21. The largest absolute Gasteiger partial charge is 0.372 e. The second-order valence-electron chi connectivity index (χ2n) is 7.08. The molecule has 0 fully saturated rings. The Balaban J connectivity index is 1.66. The van der Waals surface area contributed by atoms with Crippen molar-refractivity contribution in [1.82, 2.24) is 0 Å². The Morgan fingerprint density at radius 2 is 1.20 bits per heavy atom. The standard InChI is InChI=1S/C25H30N4O/c1-5-28(6-2)21-14-9-19(10-15-21)11-18-23-25(30)24(27-26-23)20-12-16-22(17-13-20)29(7-3)8-4/h9-18H,5-8H2,1-4H3. The third-order valence-electron chi connectivity index (χ3n) is 5.43. The summed E-state index contributed by atoms with van der Waals surface area (Å²) in [6.07, 6.45) is 3.65. The van der Waals surface area contributed by atoms with Gasteiger partial charge >= 0.3 is 0 Å². The van der Waals surface area contributed by atoms with Crippen LogP contribution in [-0.2, 0) is 4.79 Å². The van der Waals surface area contributed by atoms with Gasteiger partial charge in [0.25, 0.3) is 0 Å². The maximum Gasteiger partial charge on any atom is 0.234 e. The van der Waals surface area contributed by atoms with Crippen LogP contribution >= 0.6 is 0 Å². The highest BCUT2D eigenvalue weighted by atomic mass is 16.1. The second-order valence-corrected chi connectivity index (χ2v) is 7.08. The van der Waals surface area contributed by atoms with E-state index in [-0.39, 0.29) is 5.78 Å². The number of rotatable bonds is 9. The van der Waals surface area contributed by atoms with Gasteiger partial charge in [0.2, 0.25) is 5.78 Å². The molecule has 0 amide bonds. The number of hydrogen-bond donors (Lipinski definition) is 0. The zero-order valence-corrected chi connectivity index (χ0v) is 18.3. The van der Waals surface area contributed by atoms with Gasteiger partial charge in [-0.25, -0.2) is 0 Å². The molecule has 5 heteroatoms. The van der Waals surface area contributed by atoms with Crippen LogP contribution in [0.15, 0.2) is 64.8 Å². The summed E-state index contributed by atoms with van der Waals surface area (Å²) >= 11 is 0. The summed E-state index contributed by atoms with van der Waals surface area (Å²) in [7, 11) is 0. The number of carbonyl (C=O) groups is 1. The predicted octanol–water partition coefficient (Wildman–Crippen LogP) is 4.82. The molecular weight excluding hydrogens is 372 g/mol. The van der Waals surface area contributed by atoms with Crippen LogP contribution in [0.1, 0.15) is 38.8 Å². The van der Waals surface area contributed by atoms with Gasteiger partial charge in [-0.1, -0.05) is 30.3 Å². The molecule has 0 radical (unpaired) electrons. The van der Waals surface area contributed by atoms with Crippen molar-refractivity contribution in [1.29, 1.82) is 0 Å². The fourth-order valence-corrected chi connectivity index (χ4v) is 3.59. The Morgan fingerprint density at radius 3 is 1.70 bits per heavy atom. The first kappa shape index (κ1) is 21.5. The Bertz CT molecular complexity index is 948. The van der Waals surface area contributed by atoms with E-state index in [0.29, 0.717) is 11.4 Å². The van der Waals surface area contributed by atoms with Crippen molar-refractivity contribution >= 4 is 34.7 Å². The molecule has 3 rings (SSSR count). The fraction of sp³-hybridized carbons (Fsp3) is 0.320. The van der Waals surface area contributed by atoms with Gasteiger partial charge < -0.3 is 9.80 Å². The van der Waals surface area contributed by atoms with E-state index in [4.69, 9.17) is 0 Å². The molecule has 0 saturated heterocycles. The van der Waals surface area contributed by atoms with Gasteiger partial charge in [0.05, 0.1) is 0 Å². The van der Waals surface area contributed by atoms with Crippen LogP contribution in [0.2, 0.25) is 0 Å². The quantitative estimate of drug-likeness (QED) is 0.604. The van der Waals surface area contributed by atoms with Crippen LogP contribution in [0.4, 0.5) is 11.4 Å². The Labute approximate surface area is 179 Å². The van der Waals surface area contributed by atoms with Crippen LogP contribution in [0.25, 0.3) is 6.08 Å². The number of Topliss-reactive ketones (excluding diaryl/α,β-unsaturated/α-hetero) is 1. The Morgan fingerprint density at radius 1 is 0.700 bits per heavy atom. The van der Waals surface area contributed by atoms with Crippen molar-refractivity contribution in [3.05, 3.63) is 65.7 Å². The molecule has 0 atom stereocenters. The van der Waals surface area contributed by atoms with E-state index in [1.807, 2.05) is 30.3 Å². The highest BCUT2D eigenvalue weighted by Gasteiger charge is 2.23.